The average molecular weight is 544 g/mol. The van der Waals surface area contributed by atoms with Crippen molar-refractivity contribution in [3.8, 4) is 5.75 Å². The van der Waals surface area contributed by atoms with Gasteiger partial charge in [0.05, 0.1) is 9.38 Å². The van der Waals surface area contributed by atoms with Crippen LogP contribution in [-0.2, 0) is 11.4 Å². The summed E-state index contributed by atoms with van der Waals surface area (Å²) in [5.74, 6) is 0.486. The highest BCUT2D eigenvalue weighted by Gasteiger charge is 2.33. The third kappa shape index (κ3) is 4.50. The maximum absolute atomic E-state index is 12.2. The third-order valence-electron chi connectivity index (χ3n) is 3.75. The molecular weight excluding hydrogens is 529 g/mol. The van der Waals surface area contributed by atoms with Crippen LogP contribution in [0.1, 0.15) is 18.1 Å². The fourth-order valence-electron chi connectivity index (χ4n) is 2.39. The minimum atomic E-state index is -0.238. The van der Waals surface area contributed by atoms with Crippen LogP contribution in [-0.4, -0.2) is 22.6 Å². The molecule has 4 nitrogen and oxygen atoms in total. The molecule has 0 saturated carbocycles. The van der Waals surface area contributed by atoms with Crippen molar-refractivity contribution in [2.45, 2.75) is 13.5 Å². The molecule has 7 heteroatoms. The molecule has 0 aromatic heterocycles. The first-order valence-corrected chi connectivity index (χ1v) is 10.6. The lowest BCUT2D eigenvalue weighted by atomic mass is 10.2. The molecule has 1 saturated heterocycles. The zero-order valence-electron chi connectivity index (χ0n) is 13.9. The summed E-state index contributed by atoms with van der Waals surface area (Å²) in [7, 11) is 0. The Morgan fingerprint density at radius 1 is 1.19 bits per heavy atom. The summed E-state index contributed by atoms with van der Waals surface area (Å²) in [6.45, 7) is 2.65. The Bertz CT molecular complexity index is 883. The molecule has 26 heavy (non-hydrogen) atoms. The van der Waals surface area contributed by atoms with Gasteiger partial charge in [0.1, 0.15) is 12.4 Å². The molecule has 1 aliphatic rings. The Morgan fingerprint density at radius 3 is 2.54 bits per heavy atom. The van der Waals surface area contributed by atoms with E-state index in [0.717, 1.165) is 33.1 Å². The molecule has 2 aromatic rings. The Kier molecular flexibility index (Phi) is 6.42. The number of hydrogen-bond donors (Lipinski definition) is 0. The first-order chi connectivity index (χ1) is 12.5. The van der Waals surface area contributed by atoms with Crippen LogP contribution in [0, 0.1) is 3.57 Å². The Hall–Kier alpha value is -1.32. The third-order valence-corrected chi connectivity index (χ3v) is 6.00. The molecule has 0 unspecified atom stereocenters. The summed E-state index contributed by atoms with van der Waals surface area (Å²) in [4.78, 5) is 25.6. The van der Waals surface area contributed by atoms with Gasteiger partial charge in [0.15, 0.2) is 0 Å². The van der Waals surface area contributed by atoms with Crippen LogP contribution in [0.25, 0.3) is 6.08 Å². The van der Waals surface area contributed by atoms with Gasteiger partial charge in [-0.05, 0) is 98.7 Å². The summed E-state index contributed by atoms with van der Waals surface area (Å²) in [6.07, 6.45) is 1.73. The molecule has 2 amide bonds. The van der Waals surface area contributed by atoms with Gasteiger partial charge in [0.2, 0.25) is 0 Å². The maximum Gasteiger partial charge on any atom is 0.293 e. The largest absolute Gasteiger partial charge is 0.488 e. The first kappa shape index (κ1) is 19.4. The average Bonchev–Trinajstić information content (AvgIpc) is 2.88. The lowest BCUT2D eigenvalue weighted by molar-refractivity contribution is -0.122. The number of benzene rings is 2. The zero-order chi connectivity index (χ0) is 18.7. The molecule has 2 aromatic carbocycles. The van der Waals surface area contributed by atoms with E-state index >= 15 is 0 Å². The molecule has 0 N–H and O–H groups in total. The van der Waals surface area contributed by atoms with Gasteiger partial charge in [-0.15, -0.1) is 0 Å². The van der Waals surface area contributed by atoms with Crippen molar-refractivity contribution in [2.24, 2.45) is 0 Å². The Labute approximate surface area is 178 Å². The van der Waals surface area contributed by atoms with Crippen molar-refractivity contribution in [2.75, 3.05) is 6.54 Å². The van der Waals surface area contributed by atoms with E-state index in [0.29, 0.717) is 18.1 Å². The molecule has 1 fully saturated rings. The van der Waals surface area contributed by atoms with Crippen molar-refractivity contribution in [1.29, 1.82) is 0 Å². The van der Waals surface area contributed by atoms with Gasteiger partial charge in [0, 0.05) is 10.1 Å². The van der Waals surface area contributed by atoms with Gasteiger partial charge >= 0.3 is 0 Å². The van der Waals surface area contributed by atoms with Gasteiger partial charge in [-0.3, -0.25) is 14.5 Å². The summed E-state index contributed by atoms with van der Waals surface area (Å²) >= 11 is 6.75. The fraction of sp³-hybridized carbons (Fsp3) is 0.158. The standard InChI is InChI=1S/C19H15BrINO3S/c1-2-22-18(23)17(26-19(22)24)10-13-5-8-16(15(20)9-13)25-11-12-3-6-14(21)7-4-12/h3-10H,2,11H2,1H3/b17-10+. The number of rotatable bonds is 5. The molecule has 0 atom stereocenters. The minimum Gasteiger partial charge on any atom is -0.488 e. The predicted octanol–water partition coefficient (Wildman–Crippen LogP) is 5.69. The number of thioether (sulfide) groups is 1. The molecule has 1 aliphatic heterocycles. The van der Waals surface area contributed by atoms with Gasteiger partial charge < -0.3 is 4.74 Å². The van der Waals surface area contributed by atoms with E-state index in [9.17, 15) is 9.59 Å². The van der Waals surface area contributed by atoms with Gasteiger partial charge in [0.25, 0.3) is 11.1 Å². The van der Waals surface area contributed by atoms with Crippen LogP contribution in [0.5, 0.6) is 5.75 Å². The molecule has 0 aliphatic carbocycles. The van der Waals surface area contributed by atoms with Crippen LogP contribution >= 0.6 is 50.3 Å². The maximum atomic E-state index is 12.2. The van der Waals surface area contributed by atoms with E-state index in [1.165, 1.54) is 8.47 Å². The quantitative estimate of drug-likeness (QED) is 0.359. The lowest BCUT2D eigenvalue weighted by Crippen LogP contribution is -2.27. The van der Waals surface area contributed by atoms with Gasteiger partial charge in [-0.1, -0.05) is 18.2 Å². The number of nitrogens with zero attached hydrogens (tertiary/aromatic N) is 1. The first-order valence-electron chi connectivity index (χ1n) is 7.90. The molecule has 0 bridgehead atoms. The second-order valence-corrected chi connectivity index (χ2v) is 8.62. The number of amides is 2. The number of carbonyl (C=O) groups is 2. The van der Waals surface area contributed by atoms with Crippen molar-refractivity contribution >= 4 is 67.5 Å². The van der Waals surface area contributed by atoms with Crippen molar-refractivity contribution in [3.63, 3.8) is 0 Å². The van der Waals surface area contributed by atoms with Crippen LogP contribution in [0.15, 0.2) is 51.8 Å². The van der Waals surface area contributed by atoms with Crippen LogP contribution < -0.4 is 4.74 Å². The number of ether oxygens (including phenoxy) is 1. The van der Waals surface area contributed by atoms with Crippen molar-refractivity contribution in [3.05, 3.63) is 66.5 Å². The summed E-state index contributed by atoms with van der Waals surface area (Å²) in [6, 6.07) is 13.8. The van der Waals surface area contributed by atoms with E-state index < -0.39 is 0 Å². The Morgan fingerprint density at radius 2 is 1.92 bits per heavy atom. The second kappa shape index (κ2) is 8.58. The smallest absolute Gasteiger partial charge is 0.293 e. The highest BCUT2D eigenvalue weighted by atomic mass is 127. The van der Waals surface area contributed by atoms with E-state index in [1.807, 2.05) is 42.5 Å². The highest BCUT2D eigenvalue weighted by molar-refractivity contribution is 14.1. The summed E-state index contributed by atoms with van der Waals surface area (Å²) in [5.41, 5.74) is 1.93. The molecule has 134 valence electrons. The SMILES string of the molecule is CCN1C(=O)S/C(=C/c2ccc(OCc3ccc(I)cc3)c(Br)c2)C1=O. The van der Waals surface area contributed by atoms with Crippen molar-refractivity contribution in [1.82, 2.24) is 4.90 Å². The molecule has 3 rings (SSSR count). The highest BCUT2D eigenvalue weighted by Crippen LogP contribution is 2.33. The molecule has 1 heterocycles. The van der Waals surface area contributed by atoms with E-state index in [1.54, 1.807) is 13.0 Å². The number of halogens is 2. The fourth-order valence-corrected chi connectivity index (χ4v) is 4.16. The van der Waals surface area contributed by atoms with Crippen LogP contribution in [0.3, 0.4) is 0 Å². The molecule has 0 spiro atoms. The van der Waals surface area contributed by atoms with Crippen LogP contribution in [0.4, 0.5) is 4.79 Å². The number of imide groups is 1. The number of hydrogen-bond acceptors (Lipinski definition) is 4. The van der Waals surface area contributed by atoms with Gasteiger partial charge in [-0.25, -0.2) is 0 Å². The normalized spacial score (nSPS) is 15.8. The molecule has 0 radical (unpaired) electrons. The topological polar surface area (TPSA) is 46.6 Å². The van der Waals surface area contributed by atoms with E-state index in [4.69, 9.17) is 4.74 Å². The van der Waals surface area contributed by atoms with Gasteiger partial charge in [-0.2, -0.15) is 0 Å². The van der Waals surface area contributed by atoms with E-state index in [2.05, 4.69) is 38.5 Å². The molecular formula is C19H15BrINO3S. The summed E-state index contributed by atoms with van der Waals surface area (Å²) < 4.78 is 7.84. The lowest BCUT2D eigenvalue weighted by Gasteiger charge is -2.09. The van der Waals surface area contributed by atoms with Crippen LogP contribution in [0.2, 0.25) is 0 Å². The van der Waals surface area contributed by atoms with Crippen molar-refractivity contribution < 1.29 is 14.3 Å². The second-order valence-electron chi connectivity index (χ2n) is 5.53. The zero-order valence-corrected chi connectivity index (χ0v) is 18.4. The summed E-state index contributed by atoms with van der Waals surface area (Å²) in [5, 5.41) is -0.222. The predicted molar refractivity (Wildman–Crippen MR) is 116 cm³/mol. The minimum absolute atomic E-state index is 0.222. The number of likely N-dealkylation sites (N-methyl/N-ethyl adjacent to an activating group) is 1. The monoisotopic (exact) mass is 543 g/mol. The van der Waals surface area contributed by atoms with E-state index in [-0.39, 0.29) is 11.1 Å². The Balaban J connectivity index is 1.71. The number of carbonyl (C=O) groups excluding carboxylic acids is 2.